The van der Waals surface area contributed by atoms with E-state index in [2.05, 4.69) is 20.8 Å². The van der Waals surface area contributed by atoms with Crippen molar-refractivity contribution in [1.29, 1.82) is 0 Å². The number of ether oxygens (including phenoxy) is 3. The molecule has 240 valence electrons. The molecule has 0 saturated heterocycles. The number of carbonyl (C=O) groups is 1. The molecular weight excluding hydrogens is 644 g/mol. The number of amides is 1. The number of thiazole rings is 1. The van der Waals surface area contributed by atoms with Crippen LogP contribution in [0.25, 0.3) is 11.3 Å². The van der Waals surface area contributed by atoms with Crippen LogP contribution in [0.15, 0.2) is 132 Å². The first-order valence-corrected chi connectivity index (χ1v) is 16.3. The van der Waals surface area contributed by atoms with Crippen LogP contribution in [0.3, 0.4) is 0 Å². The summed E-state index contributed by atoms with van der Waals surface area (Å²) in [5.74, 6) is 1.57. The van der Waals surface area contributed by atoms with Gasteiger partial charge >= 0.3 is 0 Å². The quantitative estimate of drug-likeness (QED) is 0.0937. The number of methoxy groups -OCH3 is 1. The van der Waals surface area contributed by atoms with Crippen LogP contribution in [0.4, 0.5) is 10.8 Å². The normalized spacial score (nSPS) is 10.9. The Morgan fingerprint density at radius 1 is 0.812 bits per heavy atom. The van der Waals surface area contributed by atoms with Crippen LogP contribution in [-0.4, -0.2) is 24.2 Å². The van der Waals surface area contributed by atoms with E-state index >= 15 is 0 Å². The highest BCUT2D eigenvalue weighted by Crippen LogP contribution is 2.30. The van der Waals surface area contributed by atoms with E-state index in [1.165, 1.54) is 11.3 Å². The molecule has 6 aromatic rings. The molecule has 48 heavy (non-hydrogen) atoms. The molecule has 0 unspecified atom stereocenters. The number of nitrogens with zero attached hydrogens (tertiary/aromatic N) is 2. The SMILES string of the molecule is COc1cc(COc2ccccc2/C=N\NC(=O)c2ccc(-c3csc(Nc4ccc(Cl)cc4)n3)cc2)ccc1OCc1ccccc1. The van der Waals surface area contributed by atoms with Crippen molar-refractivity contribution >= 4 is 45.9 Å². The molecule has 0 fully saturated rings. The van der Waals surface area contributed by atoms with E-state index in [9.17, 15) is 4.79 Å². The van der Waals surface area contributed by atoms with Gasteiger partial charge in [-0.2, -0.15) is 5.10 Å². The number of hydrazone groups is 1. The van der Waals surface area contributed by atoms with E-state index in [-0.39, 0.29) is 5.91 Å². The lowest BCUT2D eigenvalue weighted by Crippen LogP contribution is -2.17. The molecule has 5 aromatic carbocycles. The minimum Gasteiger partial charge on any atom is -0.493 e. The lowest BCUT2D eigenvalue weighted by Gasteiger charge is -2.13. The highest BCUT2D eigenvalue weighted by molar-refractivity contribution is 7.14. The third-order valence-electron chi connectivity index (χ3n) is 7.19. The molecule has 1 heterocycles. The first-order valence-electron chi connectivity index (χ1n) is 15.0. The van der Waals surface area contributed by atoms with Crippen molar-refractivity contribution in [2.24, 2.45) is 5.10 Å². The number of nitrogens with one attached hydrogen (secondary N) is 2. The monoisotopic (exact) mass is 674 g/mol. The number of aromatic nitrogens is 1. The lowest BCUT2D eigenvalue weighted by atomic mass is 10.1. The van der Waals surface area contributed by atoms with E-state index in [0.717, 1.165) is 38.8 Å². The minimum absolute atomic E-state index is 0.302. The maximum atomic E-state index is 12.8. The van der Waals surface area contributed by atoms with Gasteiger partial charge in [-0.25, -0.2) is 10.4 Å². The fraction of sp³-hybridized carbons (Fsp3) is 0.0789. The van der Waals surface area contributed by atoms with Gasteiger partial charge in [0.15, 0.2) is 16.6 Å². The van der Waals surface area contributed by atoms with Gasteiger partial charge in [0, 0.05) is 32.8 Å². The summed E-state index contributed by atoms with van der Waals surface area (Å²) in [6.07, 6.45) is 1.56. The zero-order valence-corrected chi connectivity index (χ0v) is 27.5. The molecule has 8 nitrogen and oxygen atoms in total. The number of hydrogen-bond acceptors (Lipinski definition) is 8. The Morgan fingerprint density at radius 2 is 1.54 bits per heavy atom. The van der Waals surface area contributed by atoms with Crippen molar-refractivity contribution in [3.63, 3.8) is 0 Å². The smallest absolute Gasteiger partial charge is 0.271 e. The zero-order chi connectivity index (χ0) is 33.1. The molecule has 2 N–H and O–H groups in total. The highest BCUT2D eigenvalue weighted by atomic mass is 35.5. The van der Waals surface area contributed by atoms with Crippen LogP contribution in [0.1, 0.15) is 27.0 Å². The number of benzene rings is 5. The van der Waals surface area contributed by atoms with Gasteiger partial charge in [0.25, 0.3) is 5.91 Å². The van der Waals surface area contributed by atoms with Crippen molar-refractivity contribution in [2.45, 2.75) is 13.2 Å². The summed E-state index contributed by atoms with van der Waals surface area (Å²) in [7, 11) is 1.61. The number of halogens is 1. The molecule has 0 aliphatic rings. The van der Waals surface area contributed by atoms with E-state index in [4.69, 9.17) is 25.8 Å². The molecular formula is C38H31ClN4O4S. The molecule has 10 heteroatoms. The third kappa shape index (κ3) is 8.58. The second-order valence-electron chi connectivity index (χ2n) is 10.5. The van der Waals surface area contributed by atoms with Crippen LogP contribution in [0.2, 0.25) is 5.02 Å². The van der Waals surface area contributed by atoms with Crippen molar-refractivity contribution in [3.05, 3.63) is 154 Å². The number of rotatable bonds is 13. The second-order valence-corrected chi connectivity index (χ2v) is 11.8. The van der Waals surface area contributed by atoms with Crippen molar-refractivity contribution < 1.29 is 19.0 Å². The predicted octanol–water partition coefficient (Wildman–Crippen LogP) is 9.14. The molecule has 0 aliphatic heterocycles. The number of para-hydroxylation sites is 1. The summed E-state index contributed by atoms with van der Waals surface area (Å²) in [4.78, 5) is 17.5. The molecule has 6 rings (SSSR count). The summed E-state index contributed by atoms with van der Waals surface area (Å²) in [6.45, 7) is 0.746. The molecule has 0 bridgehead atoms. The Bertz CT molecular complexity index is 2000. The Labute approximate surface area is 287 Å². The first-order chi connectivity index (χ1) is 23.5. The zero-order valence-electron chi connectivity index (χ0n) is 25.9. The predicted molar refractivity (Wildman–Crippen MR) is 192 cm³/mol. The summed E-state index contributed by atoms with van der Waals surface area (Å²) in [5, 5.41) is 10.8. The average Bonchev–Trinajstić information content (AvgIpc) is 3.60. The number of hydrogen-bond donors (Lipinski definition) is 2. The van der Waals surface area contributed by atoms with Crippen LogP contribution in [0, 0.1) is 0 Å². The third-order valence-corrected chi connectivity index (χ3v) is 8.20. The van der Waals surface area contributed by atoms with Crippen molar-refractivity contribution in [1.82, 2.24) is 10.4 Å². The van der Waals surface area contributed by atoms with Gasteiger partial charge in [-0.1, -0.05) is 72.3 Å². The Hall–Kier alpha value is -5.64. The van der Waals surface area contributed by atoms with Crippen molar-refractivity contribution in [3.8, 4) is 28.5 Å². The molecule has 0 aliphatic carbocycles. The fourth-order valence-electron chi connectivity index (χ4n) is 4.67. The standard InChI is InChI=1S/C38H31ClN4O4S/c1-45-36-21-27(11-20-35(36)47-23-26-7-3-2-4-8-26)24-46-34-10-6-5-9-30(34)22-40-43-37(44)29-14-12-28(13-15-29)33-25-48-38(42-33)41-32-18-16-31(39)17-19-32/h2-22,25H,23-24H2,1H3,(H,41,42)(H,43,44)/b40-22-. The maximum Gasteiger partial charge on any atom is 0.271 e. The largest absolute Gasteiger partial charge is 0.493 e. The number of anilines is 2. The van der Waals surface area contributed by atoms with Crippen LogP contribution in [-0.2, 0) is 13.2 Å². The molecule has 0 saturated carbocycles. The molecule has 0 spiro atoms. The molecule has 0 radical (unpaired) electrons. The first kappa shape index (κ1) is 32.3. The van der Waals surface area contributed by atoms with Crippen LogP contribution in [0.5, 0.6) is 17.2 Å². The summed E-state index contributed by atoms with van der Waals surface area (Å²) in [6, 6.07) is 37.8. The maximum absolute atomic E-state index is 12.8. The van der Waals surface area contributed by atoms with Gasteiger partial charge in [0.05, 0.1) is 19.0 Å². The van der Waals surface area contributed by atoms with Crippen molar-refractivity contribution in [2.75, 3.05) is 12.4 Å². The van der Waals surface area contributed by atoms with Gasteiger partial charge in [0.2, 0.25) is 0 Å². The summed E-state index contributed by atoms with van der Waals surface area (Å²) >= 11 is 7.46. The lowest BCUT2D eigenvalue weighted by molar-refractivity contribution is 0.0955. The molecule has 0 atom stereocenters. The second kappa shape index (κ2) is 15.8. The van der Waals surface area contributed by atoms with Gasteiger partial charge in [-0.15, -0.1) is 11.3 Å². The topological polar surface area (TPSA) is 94.1 Å². The van der Waals surface area contributed by atoms with E-state index in [0.29, 0.717) is 41.0 Å². The Morgan fingerprint density at radius 3 is 2.33 bits per heavy atom. The van der Waals surface area contributed by atoms with E-state index < -0.39 is 0 Å². The summed E-state index contributed by atoms with van der Waals surface area (Å²) in [5.41, 5.74) is 8.38. The Kier molecular flexibility index (Phi) is 10.6. The summed E-state index contributed by atoms with van der Waals surface area (Å²) < 4.78 is 17.6. The van der Waals surface area contributed by atoms with Gasteiger partial charge in [-0.05, 0) is 71.8 Å². The molecule has 1 aromatic heterocycles. The van der Waals surface area contributed by atoms with Gasteiger partial charge < -0.3 is 19.5 Å². The highest BCUT2D eigenvalue weighted by Gasteiger charge is 2.10. The molecule has 1 amide bonds. The van der Waals surface area contributed by atoms with Crippen LogP contribution < -0.4 is 25.0 Å². The van der Waals surface area contributed by atoms with Gasteiger partial charge in [0.1, 0.15) is 19.0 Å². The van der Waals surface area contributed by atoms with E-state index in [1.54, 1.807) is 25.5 Å². The van der Waals surface area contributed by atoms with E-state index in [1.807, 2.05) is 115 Å². The Balaban J connectivity index is 1.02. The van der Waals surface area contributed by atoms with Crippen LogP contribution >= 0.6 is 22.9 Å². The van der Waals surface area contributed by atoms with Gasteiger partial charge in [-0.3, -0.25) is 4.79 Å². The number of carbonyl (C=O) groups excluding carboxylic acids is 1. The fourth-order valence-corrected chi connectivity index (χ4v) is 5.54. The minimum atomic E-state index is -0.332. The average molecular weight is 675 g/mol.